The fourth-order valence-corrected chi connectivity index (χ4v) is 2.55. The normalized spacial score (nSPS) is 11.0. The third-order valence-corrected chi connectivity index (χ3v) is 3.81. The smallest absolute Gasteiger partial charge is 0.405 e. The minimum Gasteiger partial charge on any atom is -0.405 e. The van der Waals surface area contributed by atoms with Crippen molar-refractivity contribution in [3.63, 3.8) is 0 Å². The number of benzene rings is 2. The molecule has 0 aliphatic heterocycles. The molecular weight excluding hydrogens is 408 g/mol. The van der Waals surface area contributed by atoms with Gasteiger partial charge in [-0.2, -0.15) is 0 Å². The van der Waals surface area contributed by atoms with Crippen LogP contribution >= 0.6 is 23.2 Å². The molecule has 0 atom stereocenters. The number of hydrogen-bond acceptors (Lipinski definition) is 3. The molecule has 0 aliphatic rings. The molecule has 0 radical (unpaired) electrons. The number of carbonyl (C=O) groups is 2. The molecule has 0 bridgehead atoms. The van der Waals surface area contributed by atoms with Crippen LogP contribution < -0.4 is 15.4 Å². The number of carbonyl (C=O) groups excluding carboxylic acids is 2. The zero-order valence-electron chi connectivity index (χ0n) is 13.6. The van der Waals surface area contributed by atoms with Crippen molar-refractivity contribution in [2.24, 2.45) is 0 Å². The van der Waals surface area contributed by atoms with E-state index >= 15 is 0 Å². The predicted molar refractivity (Wildman–Crippen MR) is 93.8 cm³/mol. The van der Waals surface area contributed by atoms with Crippen LogP contribution in [0.5, 0.6) is 5.75 Å². The number of amides is 2. The third-order valence-electron chi connectivity index (χ3n) is 3.26. The van der Waals surface area contributed by atoms with Gasteiger partial charge in [-0.3, -0.25) is 9.59 Å². The fourth-order valence-electron chi connectivity index (χ4n) is 2.06. The summed E-state index contributed by atoms with van der Waals surface area (Å²) in [4.78, 5) is 23.8. The largest absolute Gasteiger partial charge is 0.573 e. The Bertz CT molecular complexity index is 844. The van der Waals surface area contributed by atoms with Crippen LogP contribution in [0.1, 0.15) is 15.9 Å². The molecule has 2 amide bonds. The number of rotatable bonds is 6. The van der Waals surface area contributed by atoms with Gasteiger partial charge >= 0.3 is 6.36 Å². The fraction of sp³-hybridized carbons (Fsp3) is 0.176. The van der Waals surface area contributed by atoms with Gasteiger partial charge in [-0.25, -0.2) is 0 Å². The zero-order chi connectivity index (χ0) is 20.0. The molecule has 10 heteroatoms. The van der Waals surface area contributed by atoms with Gasteiger partial charge in [-0.15, -0.1) is 13.2 Å². The van der Waals surface area contributed by atoms with Crippen LogP contribution in [-0.4, -0.2) is 24.7 Å². The highest BCUT2D eigenvalue weighted by molar-refractivity contribution is 6.36. The van der Waals surface area contributed by atoms with Gasteiger partial charge in [0.05, 0.1) is 17.1 Å². The summed E-state index contributed by atoms with van der Waals surface area (Å²) in [6, 6.07) is 9.67. The molecule has 0 saturated carbocycles. The molecule has 0 aromatic heterocycles. The summed E-state index contributed by atoms with van der Waals surface area (Å²) < 4.78 is 41.0. The first-order chi connectivity index (χ1) is 12.7. The van der Waals surface area contributed by atoms with Crippen LogP contribution in [-0.2, 0) is 11.3 Å². The molecule has 0 heterocycles. The summed E-state index contributed by atoms with van der Waals surface area (Å²) in [5.41, 5.74) is 0.271. The minimum absolute atomic E-state index is 0.124. The summed E-state index contributed by atoms with van der Waals surface area (Å²) in [6.45, 7) is -0.595. The summed E-state index contributed by atoms with van der Waals surface area (Å²) in [5.74, 6) is -1.61. The lowest BCUT2D eigenvalue weighted by atomic mass is 10.2. The quantitative estimate of drug-likeness (QED) is 0.743. The Hall–Kier alpha value is -2.45. The van der Waals surface area contributed by atoms with E-state index in [1.54, 1.807) is 0 Å². The maximum atomic E-state index is 12.4. The lowest BCUT2D eigenvalue weighted by molar-refractivity contribution is -0.274. The van der Waals surface area contributed by atoms with Crippen molar-refractivity contribution in [3.05, 3.63) is 63.6 Å². The van der Waals surface area contributed by atoms with Crippen molar-refractivity contribution in [2.75, 3.05) is 6.54 Å². The molecule has 0 saturated heterocycles. The van der Waals surface area contributed by atoms with Crippen molar-refractivity contribution in [3.8, 4) is 5.75 Å². The second kappa shape index (κ2) is 8.96. The minimum atomic E-state index is -4.84. The van der Waals surface area contributed by atoms with Crippen molar-refractivity contribution in [2.45, 2.75) is 12.9 Å². The van der Waals surface area contributed by atoms with Gasteiger partial charge in [0.25, 0.3) is 5.91 Å². The number of para-hydroxylation sites is 1. The molecule has 2 rings (SSSR count). The summed E-state index contributed by atoms with van der Waals surface area (Å²) >= 11 is 11.6. The molecule has 5 nitrogen and oxygen atoms in total. The third kappa shape index (κ3) is 6.65. The Kier molecular flexibility index (Phi) is 6.92. The van der Waals surface area contributed by atoms with Gasteiger partial charge in [0.2, 0.25) is 5.91 Å². The van der Waals surface area contributed by atoms with Crippen molar-refractivity contribution >= 4 is 35.0 Å². The van der Waals surface area contributed by atoms with E-state index in [1.807, 2.05) is 0 Å². The Balaban J connectivity index is 1.89. The topological polar surface area (TPSA) is 67.4 Å². The highest BCUT2D eigenvalue weighted by atomic mass is 35.5. The summed E-state index contributed by atoms with van der Waals surface area (Å²) in [6.07, 6.45) is -4.84. The number of halogens is 5. The first-order valence-corrected chi connectivity index (χ1v) is 8.25. The zero-order valence-corrected chi connectivity index (χ0v) is 15.1. The second-order valence-corrected chi connectivity index (χ2v) is 6.08. The first-order valence-electron chi connectivity index (χ1n) is 7.49. The Morgan fingerprint density at radius 2 is 1.74 bits per heavy atom. The summed E-state index contributed by atoms with van der Waals surface area (Å²) in [7, 11) is 0. The molecule has 2 aromatic carbocycles. The van der Waals surface area contributed by atoms with Crippen molar-refractivity contribution in [1.29, 1.82) is 0 Å². The highest BCUT2D eigenvalue weighted by Crippen LogP contribution is 2.26. The van der Waals surface area contributed by atoms with Crippen LogP contribution in [0.25, 0.3) is 0 Å². The molecular formula is C17H13Cl2F3N2O3. The van der Waals surface area contributed by atoms with E-state index in [4.69, 9.17) is 23.2 Å². The van der Waals surface area contributed by atoms with E-state index in [0.717, 1.165) is 6.07 Å². The Morgan fingerprint density at radius 1 is 1.04 bits per heavy atom. The van der Waals surface area contributed by atoms with Gasteiger partial charge in [0, 0.05) is 17.1 Å². The standard InChI is InChI=1S/C17H13Cl2F3N2O3/c18-11-5-6-12(13(19)7-11)16(26)24-9-15(25)23-8-10-3-1-2-4-14(10)27-17(20,21)22/h1-7H,8-9H2,(H,23,25)(H,24,26). The van der Waals surface area contributed by atoms with Gasteiger partial charge in [0.1, 0.15) is 5.75 Å². The molecule has 0 unspecified atom stereocenters. The number of ether oxygens (including phenoxy) is 1. The summed E-state index contributed by atoms with van der Waals surface area (Å²) in [5, 5.41) is 5.24. The average molecular weight is 421 g/mol. The molecule has 2 N–H and O–H groups in total. The number of alkyl halides is 3. The van der Waals surface area contributed by atoms with Gasteiger partial charge in [0.15, 0.2) is 0 Å². The van der Waals surface area contributed by atoms with Gasteiger partial charge in [-0.05, 0) is 24.3 Å². The Morgan fingerprint density at radius 3 is 2.41 bits per heavy atom. The Labute approximate surface area is 162 Å². The average Bonchev–Trinajstić information content (AvgIpc) is 2.57. The van der Waals surface area contributed by atoms with Crippen LogP contribution in [0, 0.1) is 0 Å². The molecule has 0 aliphatic carbocycles. The van der Waals surface area contributed by atoms with Crippen LogP contribution in [0.3, 0.4) is 0 Å². The van der Waals surface area contributed by atoms with E-state index in [9.17, 15) is 22.8 Å². The van der Waals surface area contributed by atoms with Crippen LogP contribution in [0.15, 0.2) is 42.5 Å². The lowest BCUT2D eigenvalue weighted by Crippen LogP contribution is -2.36. The molecule has 0 spiro atoms. The monoisotopic (exact) mass is 420 g/mol. The van der Waals surface area contributed by atoms with Crippen LogP contribution in [0.4, 0.5) is 13.2 Å². The lowest BCUT2D eigenvalue weighted by Gasteiger charge is -2.14. The van der Waals surface area contributed by atoms with Gasteiger partial charge < -0.3 is 15.4 Å². The second-order valence-electron chi connectivity index (χ2n) is 5.24. The van der Waals surface area contributed by atoms with Crippen LogP contribution in [0.2, 0.25) is 10.0 Å². The maximum Gasteiger partial charge on any atom is 0.573 e. The number of hydrogen-bond donors (Lipinski definition) is 2. The molecule has 2 aromatic rings. The first kappa shape index (κ1) is 20.9. The predicted octanol–water partition coefficient (Wildman–Crippen LogP) is 3.94. The van der Waals surface area contributed by atoms with E-state index in [-0.39, 0.29) is 29.2 Å². The van der Waals surface area contributed by atoms with E-state index < -0.39 is 23.9 Å². The SMILES string of the molecule is O=C(CNC(=O)c1ccc(Cl)cc1Cl)NCc1ccccc1OC(F)(F)F. The van der Waals surface area contributed by atoms with E-state index in [1.165, 1.54) is 36.4 Å². The molecule has 0 fully saturated rings. The van der Waals surface area contributed by atoms with Crippen molar-refractivity contribution in [1.82, 2.24) is 10.6 Å². The molecule has 27 heavy (non-hydrogen) atoms. The highest BCUT2D eigenvalue weighted by Gasteiger charge is 2.31. The van der Waals surface area contributed by atoms with E-state index in [0.29, 0.717) is 5.02 Å². The molecule has 144 valence electrons. The number of nitrogens with one attached hydrogen (secondary N) is 2. The van der Waals surface area contributed by atoms with E-state index in [2.05, 4.69) is 15.4 Å². The van der Waals surface area contributed by atoms with Crippen molar-refractivity contribution < 1.29 is 27.5 Å². The maximum absolute atomic E-state index is 12.4. The van der Waals surface area contributed by atoms with Gasteiger partial charge in [-0.1, -0.05) is 41.4 Å².